The van der Waals surface area contributed by atoms with Crippen LogP contribution in [0, 0.1) is 12.8 Å². The monoisotopic (exact) mass is 302 g/mol. The molecule has 1 aliphatic carbocycles. The average Bonchev–Trinajstić information content (AvgIpc) is 3.08. The van der Waals surface area contributed by atoms with E-state index in [1.165, 1.54) is 0 Å². The third-order valence-electron chi connectivity index (χ3n) is 3.83. The minimum Gasteiger partial charge on any atom is -0.392 e. The SMILES string of the molecule is Cc1csc(-c2ccc(NC(=O)C3CCCC3O)cc2)n1. The first-order chi connectivity index (χ1) is 10.1. The summed E-state index contributed by atoms with van der Waals surface area (Å²) in [5.41, 5.74) is 2.82. The first-order valence-corrected chi connectivity index (χ1v) is 8.03. The van der Waals surface area contributed by atoms with Crippen LogP contribution in [0.25, 0.3) is 10.6 Å². The fourth-order valence-electron chi connectivity index (χ4n) is 2.66. The van der Waals surface area contributed by atoms with Gasteiger partial charge in [0, 0.05) is 22.3 Å². The zero-order chi connectivity index (χ0) is 14.8. The van der Waals surface area contributed by atoms with Crippen LogP contribution in [0.3, 0.4) is 0 Å². The van der Waals surface area contributed by atoms with E-state index in [2.05, 4.69) is 10.3 Å². The molecule has 1 heterocycles. The number of aromatic nitrogens is 1. The molecular weight excluding hydrogens is 284 g/mol. The van der Waals surface area contributed by atoms with E-state index in [0.29, 0.717) is 0 Å². The van der Waals surface area contributed by atoms with E-state index in [4.69, 9.17) is 0 Å². The largest absolute Gasteiger partial charge is 0.392 e. The lowest BCUT2D eigenvalue weighted by molar-refractivity contribution is -0.122. The molecule has 2 aromatic rings. The second kappa shape index (κ2) is 5.95. The molecule has 21 heavy (non-hydrogen) atoms. The highest BCUT2D eigenvalue weighted by atomic mass is 32.1. The van der Waals surface area contributed by atoms with Crippen molar-refractivity contribution >= 4 is 22.9 Å². The van der Waals surface area contributed by atoms with Crippen LogP contribution >= 0.6 is 11.3 Å². The fraction of sp³-hybridized carbons (Fsp3) is 0.375. The predicted octanol–water partition coefficient (Wildman–Crippen LogP) is 3.22. The topological polar surface area (TPSA) is 62.2 Å². The van der Waals surface area contributed by atoms with Crippen molar-refractivity contribution in [3.8, 4) is 10.6 Å². The van der Waals surface area contributed by atoms with Gasteiger partial charge in [0.2, 0.25) is 5.91 Å². The molecule has 1 aliphatic rings. The molecule has 1 amide bonds. The maximum Gasteiger partial charge on any atom is 0.230 e. The van der Waals surface area contributed by atoms with E-state index in [1.54, 1.807) is 11.3 Å². The number of carbonyl (C=O) groups excluding carboxylic acids is 1. The second-order valence-corrected chi connectivity index (χ2v) is 6.32. The quantitative estimate of drug-likeness (QED) is 0.915. The summed E-state index contributed by atoms with van der Waals surface area (Å²) in [5.74, 6) is -0.357. The molecule has 0 bridgehead atoms. The Labute approximate surface area is 127 Å². The Kier molecular flexibility index (Phi) is 4.03. The zero-order valence-electron chi connectivity index (χ0n) is 11.9. The molecule has 1 aromatic carbocycles. The van der Waals surface area contributed by atoms with E-state index in [9.17, 15) is 9.90 Å². The first-order valence-electron chi connectivity index (χ1n) is 7.15. The minimum atomic E-state index is -0.498. The standard InChI is InChI=1S/C16H18N2O2S/c1-10-9-21-16(17-10)11-5-7-12(8-6-11)18-15(20)13-3-2-4-14(13)19/h5-9,13-14,19H,2-4H2,1H3,(H,18,20). The van der Waals surface area contributed by atoms with Gasteiger partial charge in [0.05, 0.1) is 12.0 Å². The van der Waals surface area contributed by atoms with Gasteiger partial charge in [-0.15, -0.1) is 11.3 Å². The summed E-state index contributed by atoms with van der Waals surface area (Å²) in [7, 11) is 0. The Balaban J connectivity index is 1.68. The van der Waals surface area contributed by atoms with Crippen LogP contribution in [-0.2, 0) is 4.79 Å². The number of nitrogens with one attached hydrogen (secondary N) is 1. The lowest BCUT2D eigenvalue weighted by Crippen LogP contribution is -2.28. The van der Waals surface area contributed by atoms with Gasteiger partial charge in [0.1, 0.15) is 5.01 Å². The zero-order valence-corrected chi connectivity index (χ0v) is 12.7. The van der Waals surface area contributed by atoms with Crippen molar-refractivity contribution < 1.29 is 9.90 Å². The predicted molar refractivity (Wildman–Crippen MR) is 84.3 cm³/mol. The summed E-state index contributed by atoms with van der Waals surface area (Å²) in [6.07, 6.45) is 1.91. The van der Waals surface area contributed by atoms with Gasteiger partial charge in [-0.3, -0.25) is 4.79 Å². The average molecular weight is 302 g/mol. The molecule has 0 saturated heterocycles. The number of carbonyl (C=O) groups is 1. The number of anilines is 1. The number of amides is 1. The number of benzene rings is 1. The van der Waals surface area contributed by atoms with Crippen LogP contribution in [0.1, 0.15) is 25.0 Å². The Morgan fingerprint density at radius 3 is 2.67 bits per heavy atom. The van der Waals surface area contributed by atoms with E-state index in [1.807, 2.05) is 36.6 Å². The Morgan fingerprint density at radius 1 is 1.33 bits per heavy atom. The van der Waals surface area contributed by atoms with Gasteiger partial charge in [-0.1, -0.05) is 0 Å². The first kappa shape index (κ1) is 14.2. The van der Waals surface area contributed by atoms with Crippen LogP contribution in [0.15, 0.2) is 29.6 Å². The summed E-state index contributed by atoms with van der Waals surface area (Å²) in [4.78, 5) is 16.5. The second-order valence-electron chi connectivity index (χ2n) is 5.47. The number of nitrogens with zero attached hydrogens (tertiary/aromatic N) is 1. The van der Waals surface area contributed by atoms with Crippen molar-refractivity contribution in [3.05, 3.63) is 35.3 Å². The van der Waals surface area contributed by atoms with Gasteiger partial charge in [0.25, 0.3) is 0 Å². The van der Waals surface area contributed by atoms with Gasteiger partial charge >= 0.3 is 0 Å². The molecular formula is C16H18N2O2S. The molecule has 0 aliphatic heterocycles. The maximum atomic E-state index is 12.1. The number of aliphatic hydroxyl groups is 1. The normalized spacial score (nSPS) is 21.4. The molecule has 5 heteroatoms. The maximum absolute atomic E-state index is 12.1. The fourth-order valence-corrected chi connectivity index (χ4v) is 3.47. The summed E-state index contributed by atoms with van der Waals surface area (Å²) >= 11 is 1.61. The minimum absolute atomic E-state index is 0.0853. The highest BCUT2D eigenvalue weighted by Crippen LogP contribution is 2.28. The Bertz CT molecular complexity index is 636. The molecule has 4 nitrogen and oxygen atoms in total. The van der Waals surface area contributed by atoms with Gasteiger partial charge in [-0.05, 0) is 50.5 Å². The smallest absolute Gasteiger partial charge is 0.230 e. The lowest BCUT2D eigenvalue weighted by Gasteiger charge is -2.14. The van der Waals surface area contributed by atoms with E-state index in [0.717, 1.165) is 41.2 Å². The van der Waals surface area contributed by atoms with Crippen LogP contribution in [0.5, 0.6) is 0 Å². The van der Waals surface area contributed by atoms with Gasteiger partial charge in [-0.2, -0.15) is 0 Å². The number of rotatable bonds is 3. The molecule has 1 aromatic heterocycles. The molecule has 1 saturated carbocycles. The molecule has 1 fully saturated rings. The number of aliphatic hydroxyl groups excluding tert-OH is 1. The number of hydrogen-bond acceptors (Lipinski definition) is 4. The molecule has 2 unspecified atom stereocenters. The van der Waals surface area contributed by atoms with Gasteiger partial charge in [0.15, 0.2) is 0 Å². The highest BCUT2D eigenvalue weighted by Gasteiger charge is 2.31. The third kappa shape index (κ3) is 3.14. The summed E-state index contributed by atoms with van der Waals surface area (Å²) in [6, 6.07) is 7.68. The highest BCUT2D eigenvalue weighted by molar-refractivity contribution is 7.13. The summed E-state index contributed by atoms with van der Waals surface area (Å²) in [6.45, 7) is 1.97. The lowest BCUT2D eigenvalue weighted by atomic mass is 10.1. The van der Waals surface area contributed by atoms with Crippen molar-refractivity contribution in [2.45, 2.75) is 32.3 Å². The van der Waals surface area contributed by atoms with Crippen LogP contribution in [-0.4, -0.2) is 22.1 Å². The van der Waals surface area contributed by atoms with Gasteiger partial charge in [-0.25, -0.2) is 4.98 Å². The van der Waals surface area contributed by atoms with Crippen LogP contribution < -0.4 is 5.32 Å². The third-order valence-corrected chi connectivity index (χ3v) is 4.84. The molecule has 2 N–H and O–H groups in total. The van der Waals surface area contributed by atoms with Crippen molar-refractivity contribution in [2.75, 3.05) is 5.32 Å². The van der Waals surface area contributed by atoms with E-state index >= 15 is 0 Å². The molecule has 110 valence electrons. The number of aryl methyl sites for hydroxylation is 1. The molecule has 0 spiro atoms. The van der Waals surface area contributed by atoms with Crippen LogP contribution in [0.4, 0.5) is 5.69 Å². The molecule has 2 atom stereocenters. The van der Waals surface area contributed by atoms with Crippen LogP contribution in [0.2, 0.25) is 0 Å². The van der Waals surface area contributed by atoms with Crippen molar-refractivity contribution in [2.24, 2.45) is 5.92 Å². The van der Waals surface area contributed by atoms with Crippen molar-refractivity contribution in [3.63, 3.8) is 0 Å². The summed E-state index contributed by atoms with van der Waals surface area (Å²) in [5, 5.41) is 15.7. The van der Waals surface area contributed by atoms with Crippen molar-refractivity contribution in [1.82, 2.24) is 4.98 Å². The number of hydrogen-bond donors (Lipinski definition) is 2. The Morgan fingerprint density at radius 2 is 2.10 bits per heavy atom. The summed E-state index contributed by atoms with van der Waals surface area (Å²) < 4.78 is 0. The Hall–Kier alpha value is -1.72. The van der Waals surface area contributed by atoms with Crippen molar-refractivity contribution in [1.29, 1.82) is 0 Å². The molecule has 3 rings (SSSR count). The number of thiazole rings is 1. The molecule has 0 radical (unpaired) electrons. The van der Waals surface area contributed by atoms with E-state index in [-0.39, 0.29) is 11.8 Å². The van der Waals surface area contributed by atoms with Gasteiger partial charge < -0.3 is 10.4 Å². The van der Waals surface area contributed by atoms with E-state index < -0.39 is 6.10 Å².